The average molecular weight is 549 g/mol. The maximum Gasteiger partial charge on any atom is 0.418 e. The van der Waals surface area contributed by atoms with Gasteiger partial charge in [0.25, 0.3) is 0 Å². The van der Waals surface area contributed by atoms with E-state index in [2.05, 4.69) is 30.2 Å². The van der Waals surface area contributed by atoms with Gasteiger partial charge in [-0.05, 0) is 68.4 Å². The molecule has 0 atom stereocenters. The van der Waals surface area contributed by atoms with Gasteiger partial charge in [-0.15, -0.1) is 0 Å². The largest absolute Gasteiger partial charge is 0.418 e. The van der Waals surface area contributed by atoms with Crippen molar-refractivity contribution in [2.24, 2.45) is 0 Å². The summed E-state index contributed by atoms with van der Waals surface area (Å²) in [7, 11) is 0. The second-order valence-corrected chi connectivity index (χ2v) is 8.95. The number of hydrogen-bond donors (Lipinski definition) is 1. The fraction of sp³-hybridized carbons (Fsp3) is 0.333. The maximum absolute atomic E-state index is 13.6. The molecule has 4 aromatic rings. The third-order valence-electron chi connectivity index (χ3n) is 5.89. The molecule has 0 fully saturated rings. The standard InChI is InChI=1S/C27H26F6N6/c1-3-12-39(13-4-2)16-22-37-21-14-17(23-20(27(31,32)33)6-5-11-34-23)15-35-24(21)25(38-22)36-19-9-7-18(8-10-19)26(28,29)30/h5-11,14-15H,3-4,12-13,16H2,1-2H3,(H,36,37,38). The number of fused-ring (bicyclic) bond motifs is 1. The van der Waals surface area contributed by atoms with Crippen molar-refractivity contribution < 1.29 is 26.3 Å². The van der Waals surface area contributed by atoms with Crippen LogP contribution in [0.5, 0.6) is 0 Å². The minimum absolute atomic E-state index is 0.125. The molecule has 206 valence electrons. The zero-order valence-corrected chi connectivity index (χ0v) is 21.2. The Morgan fingerprint density at radius 1 is 0.846 bits per heavy atom. The first kappa shape index (κ1) is 28.2. The Labute approximate surface area is 221 Å². The van der Waals surface area contributed by atoms with Crippen LogP contribution in [0.3, 0.4) is 0 Å². The molecule has 3 heterocycles. The summed E-state index contributed by atoms with van der Waals surface area (Å²) in [5, 5.41) is 3.00. The third-order valence-corrected chi connectivity index (χ3v) is 5.89. The first-order valence-corrected chi connectivity index (χ1v) is 12.4. The van der Waals surface area contributed by atoms with E-state index < -0.39 is 23.5 Å². The predicted octanol–water partition coefficient (Wildman–Crippen LogP) is 7.49. The minimum Gasteiger partial charge on any atom is -0.338 e. The molecule has 39 heavy (non-hydrogen) atoms. The monoisotopic (exact) mass is 548 g/mol. The number of anilines is 2. The number of benzene rings is 1. The van der Waals surface area contributed by atoms with Gasteiger partial charge in [0.2, 0.25) is 0 Å². The fourth-order valence-electron chi connectivity index (χ4n) is 4.20. The lowest BCUT2D eigenvalue weighted by atomic mass is 10.1. The van der Waals surface area contributed by atoms with Crippen LogP contribution in [0.1, 0.15) is 43.6 Å². The maximum atomic E-state index is 13.6. The molecule has 0 saturated carbocycles. The molecule has 0 amide bonds. The van der Waals surface area contributed by atoms with Crippen molar-refractivity contribution >= 4 is 22.5 Å². The highest BCUT2D eigenvalue weighted by molar-refractivity contribution is 5.89. The third kappa shape index (κ3) is 6.80. The number of halogens is 6. The summed E-state index contributed by atoms with van der Waals surface area (Å²) in [6, 6.07) is 8.06. The normalized spacial score (nSPS) is 12.3. The fourth-order valence-corrected chi connectivity index (χ4v) is 4.20. The van der Waals surface area contributed by atoms with Gasteiger partial charge < -0.3 is 5.32 Å². The van der Waals surface area contributed by atoms with E-state index in [0.717, 1.165) is 44.1 Å². The van der Waals surface area contributed by atoms with Crippen molar-refractivity contribution in [3.8, 4) is 11.3 Å². The van der Waals surface area contributed by atoms with Gasteiger partial charge in [-0.1, -0.05) is 13.8 Å². The van der Waals surface area contributed by atoms with Crippen LogP contribution in [0, 0.1) is 0 Å². The SMILES string of the molecule is CCCN(CCC)Cc1nc(Nc2ccc(C(F)(F)F)cc2)c2ncc(-c3ncccc3C(F)(F)F)cc2n1. The minimum atomic E-state index is -4.62. The second-order valence-electron chi connectivity index (χ2n) is 8.95. The quantitative estimate of drug-likeness (QED) is 0.219. The smallest absolute Gasteiger partial charge is 0.338 e. The van der Waals surface area contributed by atoms with Crippen LogP contribution in [-0.4, -0.2) is 37.9 Å². The number of nitrogens with one attached hydrogen (secondary N) is 1. The molecule has 6 nitrogen and oxygen atoms in total. The number of rotatable bonds is 9. The van der Waals surface area contributed by atoms with E-state index in [1.807, 2.05) is 13.8 Å². The Morgan fingerprint density at radius 2 is 1.54 bits per heavy atom. The first-order chi connectivity index (χ1) is 18.5. The summed E-state index contributed by atoms with van der Waals surface area (Å²) < 4.78 is 79.9. The van der Waals surface area contributed by atoms with E-state index in [0.29, 0.717) is 18.1 Å². The number of nitrogens with zero attached hydrogens (tertiary/aromatic N) is 5. The zero-order chi connectivity index (χ0) is 28.2. The van der Waals surface area contributed by atoms with Crippen molar-refractivity contribution in [1.82, 2.24) is 24.8 Å². The Bertz CT molecular complexity index is 1410. The van der Waals surface area contributed by atoms with Crippen LogP contribution >= 0.6 is 0 Å². The van der Waals surface area contributed by atoms with Crippen molar-refractivity contribution in [3.05, 3.63) is 71.8 Å². The molecule has 0 bridgehead atoms. The number of alkyl halides is 6. The molecule has 0 aliphatic carbocycles. The summed E-state index contributed by atoms with van der Waals surface area (Å²) in [4.78, 5) is 19.6. The highest BCUT2D eigenvalue weighted by atomic mass is 19.4. The molecule has 3 aromatic heterocycles. The van der Waals surface area contributed by atoms with Gasteiger partial charge in [0, 0.05) is 23.6 Å². The number of pyridine rings is 2. The number of aromatic nitrogens is 4. The lowest BCUT2D eigenvalue weighted by Crippen LogP contribution is -2.26. The van der Waals surface area contributed by atoms with Crippen LogP contribution in [0.25, 0.3) is 22.3 Å². The molecule has 0 aliphatic heterocycles. The summed E-state index contributed by atoms with van der Waals surface area (Å²) in [5.41, 5.74) is -0.990. The molecule has 1 N–H and O–H groups in total. The van der Waals surface area contributed by atoms with Crippen molar-refractivity contribution in [3.63, 3.8) is 0 Å². The predicted molar refractivity (Wildman–Crippen MR) is 136 cm³/mol. The highest BCUT2D eigenvalue weighted by Crippen LogP contribution is 2.36. The molecular weight excluding hydrogens is 522 g/mol. The molecule has 12 heteroatoms. The molecule has 0 radical (unpaired) electrons. The van der Waals surface area contributed by atoms with Gasteiger partial charge in [-0.25, -0.2) is 15.0 Å². The first-order valence-electron chi connectivity index (χ1n) is 12.4. The zero-order valence-electron chi connectivity index (χ0n) is 21.2. The van der Waals surface area contributed by atoms with Crippen molar-refractivity contribution in [2.45, 2.75) is 45.6 Å². The lowest BCUT2D eigenvalue weighted by Gasteiger charge is -2.20. The Hall–Kier alpha value is -3.80. The summed E-state index contributed by atoms with van der Waals surface area (Å²) >= 11 is 0. The van der Waals surface area contributed by atoms with Crippen LogP contribution in [0.15, 0.2) is 54.9 Å². The molecule has 0 spiro atoms. The van der Waals surface area contributed by atoms with Crippen molar-refractivity contribution in [2.75, 3.05) is 18.4 Å². The molecule has 0 aliphatic rings. The molecule has 0 saturated heterocycles. The second kappa shape index (κ2) is 11.5. The van der Waals surface area contributed by atoms with Gasteiger partial charge in [0.15, 0.2) is 5.82 Å². The summed E-state index contributed by atoms with van der Waals surface area (Å²) in [6.45, 7) is 6.04. The Morgan fingerprint density at radius 3 is 2.15 bits per heavy atom. The van der Waals surface area contributed by atoms with Gasteiger partial charge in [0.05, 0.1) is 28.9 Å². The topological polar surface area (TPSA) is 66.8 Å². The highest BCUT2D eigenvalue weighted by Gasteiger charge is 2.34. The van der Waals surface area contributed by atoms with E-state index >= 15 is 0 Å². The average Bonchev–Trinajstić information content (AvgIpc) is 2.88. The van der Waals surface area contributed by atoms with E-state index in [1.165, 1.54) is 36.7 Å². The van der Waals surface area contributed by atoms with Gasteiger partial charge in [-0.3, -0.25) is 9.88 Å². The van der Waals surface area contributed by atoms with Crippen LogP contribution < -0.4 is 5.32 Å². The van der Waals surface area contributed by atoms with E-state index in [9.17, 15) is 26.3 Å². The van der Waals surface area contributed by atoms with Gasteiger partial charge in [-0.2, -0.15) is 26.3 Å². The van der Waals surface area contributed by atoms with E-state index in [4.69, 9.17) is 0 Å². The van der Waals surface area contributed by atoms with Crippen LogP contribution in [-0.2, 0) is 18.9 Å². The number of hydrogen-bond acceptors (Lipinski definition) is 6. The van der Waals surface area contributed by atoms with Gasteiger partial charge >= 0.3 is 12.4 Å². The summed E-state index contributed by atoms with van der Waals surface area (Å²) in [6.07, 6.45) is -4.78. The Balaban J connectivity index is 1.80. The lowest BCUT2D eigenvalue weighted by molar-refractivity contribution is -0.138. The summed E-state index contributed by atoms with van der Waals surface area (Å²) in [5.74, 6) is 0.626. The van der Waals surface area contributed by atoms with Crippen LogP contribution in [0.4, 0.5) is 37.8 Å². The van der Waals surface area contributed by atoms with Crippen LogP contribution in [0.2, 0.25) is 0 Å². The molecular formula is C27H26F6N6. The molecule has 0 unspecified atom stereocenters. The molecule has 4 rings (SSSR count). The van der Waals surface area contributed by atoms with Crippen molar-refractivity contribution in [1.29, 1.82) is 0 Å². The molecule has 1 aromatic carbocycles. The van der Waals surface area contributed by atoms with E-state index in [-0.39, 0.29) is 28.1 Å². The van der Waals surface area contributed by atoms with E-state index in [1.54, 1.807) is 0 Å². The van der Waals surface area contributed by atoms with Gasteiger partial charge in [0.1, 0.15) is 11.3 Å². The Kier molecular flexibility index (Phi) is 8.34.